The summed E-state index contributed by atoms with van der Waals surface area (Å²) in [6.07, 6.45) is 26.9. The van der Waals surface area contributed by atoms with Crippen LogP contribution < -0.4 is 0 Å². The van der Waals surface area contributed by atoms with Crippen LogP contribution >= 0.6 is 0 Å². The quantitative estimate of drug-likeness (QED) is 0.248. The molecule has 0 saturated heterocycles. The Morgan fingerprint density at radius 2 is 1.50 bits per heavy atom. The predicted molar refractivity (Wildman–Crippen MR) is 137 cm³/mol. The first-order chi connectivity index (χ1) is 15.7. The molecule has 1 aromatic carbocycles. The van der Waals surface area contributed by atoms with E-state index in [-0.39, 0.29) is 0 Å². The van der Waals surface area contributed by atoms with Crippen molar-refractivity contribution in [1.82, 2.24) is 0 Å². The third kappa shape index (κ3) is 5.69. The third-order valence-corrected chi connectivity index (χ3v) is 9.43. The van der Waals surface area contributed by atoms with Gasteiger partial charge in [-0.2, -0.15) is 0 Å². The molecule has 1 heteroatoms. The van der Waals surface area contributed by atoms with E-state index in [1.807, 2.05) is 0 Å². The van der Waals surface area contributed by atoms with Crippen molar-refractivity contribution in [2.24, 2.45) is 5.41 Å². The summed E-state index contributed by atoms with van der Waals surface area (Å²) in [7, 11) is 0. The second-order valence-corrected chi connectivity index (χ2v) is 11.4. The lowest BCUT2D eigenvalue weighted by molar-refractivity contribution is 0.0305. The second kappa shape index (κ2) is 11.4. The molecule has 0 unspecified atom stereocenters. The number of rotatable bonds is 11. The topological polar surface area (TPSA) is 9.23 Å². The molecular formula is C31H48O. The Morgan fingerprint density at radius 3 is 2.12 bits per heavy atom. The van der Waals surface area contributed by atoms with Crippen LogP contribution in [0.4, 0.5) is 0 Å². The summed E-state index contributed by atoms with van der Waals surface area (Å²) in [5.41, 5.74) is 4.44. The molecule has 1 aromatic rings. The normalized spacial score (nSPS) is 32.6. The maximum atomic E-state index is 6.10. The first-order valence-corrected chi connectivity index (χ1v) is 14.1. The van der Waals surface area contributed by atoms with Crippen LogP contribution in [0.5, 0.6) is 0 Å². The summed E-state index contributed by atoms with van der Waals surface area (Å²) in [5, 5.41) is 0. The zero-order chi connectivity index (χ0) is 22.3. The highest BCUT2D eigenvalue weighted by Gasteiger charge is 2.48. The average molecular weight is 437 g/mol. The Balaban J connectivity index is 1.26. The van der Waals surface area contributed by atoms with Crippen molar-refractivity contribution in [3.63, 3.8) is 0 Å². The molecule has 32 heavy (non-hydrogen) atoms. The Morgan fingerprint density at radius 1 is 0.812 bits per heavy atom. The number of unbranched alkanes of at least 4 members (excludes halogenated alkanes) is 3. The second-order valence-electron chi connectivity index (χ2n) is 11.4. The van der Waals surface area contributed by atoms with Gasteiger partial charge in [0.2, 0.25) is 0 Å². The minimum atomic E-state index is 0.470. The molecule has 0 radical (unpaired) electrons. The van der Waals surface area contributed by atoms with Crippen molar-refractivity contribution in [2.75, 3.05) is 6.61 Å². The minimum absolute atomic E-state index is 0.470. The van der Waals surface area contributed by atoms with Gasteiger partial charge in [-0.05, 0) is 105 Å². The summed E-state index contributed by atoms with van der Waals surface area (Å²) in [6.45, 7) is 5.36. The highest BCUT2D eigenvalue weighted by molar-refractivity contribution is 5.33. The van der Waals surface area contributed by atoms with Crippen LogP contribution in [0.3, 0.4) is 0 Å². The molecule has 0 amide bonds. The molecule has 4 saturated carbocycles. The molecule has 0 aromatic heterocycles. The van der Waals surface area contributed by atoms with Gasteiger partial charge in [0.15, 0.2) is 0 Å². The van der Waals surface area contributed by atoms with Gasteiger partial charge in [-0.1, -0.05) is 75.9 Å². The first-order valence-electron chi connectivity index (χ1n) is 14.1. The number of fused-ring (bicyclic) bond motifs is 3. The summed E-state index contributed by atoms with van der Waals surface area (Å²) in [6, 6.07) is 10.0. The Kier molecular flexibility index (Phi) is 8.55. The Bertz CT molecular complexity index is 682. The summed E-state index contributed by atoms with van der Waals surface area (Å²) in [5.74, 6) is 0.737. The van der Waals surface area contributed by atoms with E-state index in [2.05, 4.69) is 50.3 Å². The van der Waals surface area contributed by atoms with Crippen molar-refractivity contribution < 1.29 is 4.74 Å². The number of benzene rings is 1. The summed E-state index contributed by atoms with van der Waals surface area (Å²) < 4.78 is 6.10. The third-order valence-electron chi connectivity index (χ3n) is 9.43. The molecule has 0 N–H and O–H groups in total. The van der Waals surface area contributed by atoms with Gasteiger partial charge in [0, 0.05) is 0 Å². The van der Waals surface area contributed by atoms with Crippen LogP contribution in [0, 0.1) is 5.41 Å². The standard InChI is InChI=1S/C31H48O/c1-3-5-7-9-25-32-29-16-12-27(13-17-29)26-10-14-28(15-11-26)31-22-19-30(20-23-31,21-24-31)18-8-6-4-2/h7,9-11,14-15,27,29H,3-6,8,12-13,16-25H2,1-2H3. The van der Waals surface area contributed by atoms with Crippen molar-refractivity contribution >= 4 is 0 Å². The molecular weight excluding hydrogens is 388 g/mol. The van der Waals surface area contributed by atoms with E-state index in [4.69, 9.17) is 4.74 Å². The highest BCUT2D eigenvalue weighted by atomic mass is 16.5. The summed E-state index contributed by atoms with van der Waals surface area (Å²) in [4.78, 5) is 0. The van der Waals surface area contributed by atoms with E-state index >= 15 is 0 Å². The van der Waals surface area contributed by atoms with Crippen LogP contribution in [0.15, 0.2) is 36.4 Å². The first kappa shape index (κ1) is 24.1. The van der Waals surface area contributed by atoms with Gasteiger partial charge < -0.3 is 4.74 Å². The van der Waals surface area contributed by atoms with Crippen molar-refractivity contribution in [3.05, 3.63) is 47.5 Å². The number of allylic oxidation sites excluding steroid dienone is 1. The molecule has 178 valence electrons. The minimum Gasteiger partial charge on any atom is -0.374 e. The Labute approximate surface area is 198 Å². The van der Waals surface area contributed by atoms with Crippen LogP contribution in [0.1, 0.15) is 134 Å². The maximum Gasteiger partial charge on any atom is 0.0651 e. The van der Waals surface area contributed by atoms with Crippen LogP contribution in [0.25, 0.3) is 0 Å². The lowest BCUT2D eigenvalue weighted by Crippen LogP contribution is -2.44. The smallest absolute Gasteiger partial charge is 0.0651 e. The van der Waals surface area contributed by atoms with Gasteiger partial charge in [0.25, 0.3) is 0 Å². The molecule has 0 spiro atoms. The van der Waals surface area contributed by atoms with Crippen LogP contribution in [-0.2, 0) is 10.2 Å². The SMILES string of the molecule is CCCC=CCOC1CCC(c2ccc(C34CCC(CCCCC)(CC3)CC4)cc2)CC1. The maximum absolute atomic E-state index is 6.10. The van der Waals surface area contributed by atoms with Crippen LogP contribution in [-0.4, -0.2) is 12.7 Å². The largest absolute Gasteiger partial charge is 0.374 e. The summed E-state index contributed by atoms with van der Waals surface area (Å²) >= 11 is 0. The molecule has 5 rings (SSSR count). The number of ether oxygens (including phenoxy) is 1. The lowest BCUT2D eigenvalue weighted by atomic mass is 9.51. The predicted octanol–water partition coefficient (Wildman–Crippen LogP) is 9.26. The average Bonchev–Trinajstić information content (AvgIpc) is 2.86. The van der Waals surface area contributed by atoms with Crippen LogP contribution in [0.2, 0.25) is 0 Å². The molecule has 4 aliphatic carbocycles. The van der Waals surface area contributed by atoms with E-state index < -0.39 is 0 Å². The molecule has 0 heterocycles. The van der Waals surface area contributed by atoms with Crippen molar-refractivity contribution in [2.45, 2.75) is 134 Å². The number of hydrogen-bond donors (Lipinski definition) is 0. The zero-order valence-corrected chi connectivity index (χ0v) is 21.0. The van der Waals surface area contributed by atoms with Gasteiger partial charge in [-0.15, -0.1) is 0 Å². The van der Waals surface area contributed by atoms with Gasteiger partial charge in [-0.25, -0.2) is 0 Å². The lowest BCUT2D eigenvalue weighted by Gasteiger charge is -2.54. The van der Waals surface area contributed by atoms with Gasteiger partial charge in [-0.3, -0.25) is 0 Å². The fourth-order valence-electron chi connectivity index (χ4n) is 7.04. The van der Waals surface area contributed by atoms with Gasteiger partial charge >= 0.3 is 0 Å². The molecule has 4 aliphatic rings. The Hall–Kier alpha value is -1.08. The van der Waals surface area contributed by atoms with E-state index in [9.17, 15) is 0 Å². The molecule has 2 bridgehead atoms. The van der Waals surface area contributed by atoms with Crippen molar-refractivity contribution in [1.29, 1.82) is 0 Å². The fourth-order valence-corrected chi connectivity index (χ4v) is 7.04. The van der Waals surface area contributed by atoms with Crippen molar-refractivity contribution in [3.8, 4) is 0 Å². The van der Waals surface area contributed by atoms with Gasteiger partial charge in [0.1, 0.15) is 0 Å². The number of hydrogen-bond acceptors (Lipinski definition) is 1. The van der Waals surface area contributed by atoms with E-state index in [1.165, 1.54) is 103 Å². The monoisotopic (exact) mass is 436 g/mol. The van der Waals surface area contributed by atoms with E-state index in [0.29, 0.717) is 16.9 Å². The van der Waals surface area contributed by atoms with E-state index in [1.54, 1.807) is 11.1 Å². The molecule has 0 aliphatic heterocycles. The van der Waals surface area contributed by atoms with Gasteiger partial charge in [0.05, 0.1) is 12.7 Å². The zero-order valence-electron chi connectivity index (χ0n) is 21.0. The molecule has 0 atom stereocenters. The van der Waals surface area contributed by atoms with E-state index in [0.717, 1.165) is 12.5 Å². The highest BCUT2D eigenvalue weighted by Crippen LogP contribution is 2.59. The molecule has 1 nitrogen and oxygen atoms in total. The molecule has 4 fully saturated rings. The fraction of sp³-hybridized carbons (Fsp3) is 0.742.